The number of carboxylic acid groups (broad SMARTS) is 1. The Hall–Kier alpha value is -2.14. The normalized spacial score (nSPS) is 10.6. The van der Waals surface area contributed by atoms with E-state index in [1.807, 2.05) is 25.1 Å². The van der Waals surface area contributed by atoms with E-state index in [1.165, 1.54) is 0 Å². The highest BCUT2D eigenvalue weighted by molar-refractivity contribution is 6.30. The lowest BCUT2D eigenvalue weighted by molar-refractivity contribution is -0.740. The number of anilines is 1. The first-order chi connectivity index (χ1) is 9.97. The lowest BCUT2D eigenvalue weighted by Crippen LogP contribution is -2.42. The molecule has 0 saturated carbocycles. The van der Waals surface area contributed by atoms with Crippen LogP contribution in [0.25, 0.3) is 11.3 Å². The summed E-state index contributed by atoms with van der Waals surface area (Å²) in [5.41, 5.74) is 8.64. The minimum absolute atomic E-state index is 0.0956. The quantitative estimate of drug-likeness (QED) is 0.832. The predicted octanol–water partition coefficient (Wildman–Crippen LogP) is 2.44. The van der Waals surface area contributed by atoms with Crippen LogP contribution in [0.2, 0.25) is 5.02 Å². The maximum absolute atomic E-state index is 10.6. The molecule has 0 fully saturated rings. The van der Waals surface area contributed by atoms with Crippen LogP contribution in [0.4, 0.5) is 5.82 Å². The van der Waals surface area contributed by atoms with E-state index in [2.05, 4.69) is 5.10 Å². The third-order valence-electron chi connectivity index (χ3n) is 3.16. The lowest BCUT2D eigenvalue weighted by Gasteiger charge is -2.07. The van der Waals surface area contributed by atoms with Gasteiger partial charge in [-0.15, -0.1) is 4.68 Å². The third-order valence-corrected chi connectivity index (χ3v) is 3.42. The van der Waals surface area contributed by atoms with E-state index in [-0.39, 0.29) is 6.42 Å². The predicted molar refractivity (Wildman–Crippen MR) is 80.9 cm³/mol. The number of carbonyl (C=O) groups is 1. The van der Waals surface area contributed by atoms with E-state index in [0.29, 0.717) is 23.8 Å². The molecule has 0 spiro atoms. The molecule has 1 aromatic carbocycles. The molecule has 3 N–H and O–H groups in total. The first-order valence-corrected chi connectivity index (χ1v) is 7.00. The zero-order chi connectivity index (χ0) is 15.4. The van der Waals surface area contributed by atoms with Crippen molar-refractivity contribution < 1.29 is 14.6 Å². The Morgan fingerprint density at radius 3 is 2.67 bits per heavy atom. The Morgan fingerprint density at radius 1 is 1.38 bits per heavy atom. The van der Waals surface area contributed by atoms with Gasteiger partial charge in [0.2, 0.25) is 0 Å². The summed E-state index contributed by atoms with van der Waals surface area (Å²) < 4.78 is 1.65. The number of aryl methyl sites for hydroxylation is 2. The highest BCUT2D eigenvalue weighted by atomic mass is 35.5. The Morgan fingerprint density at radius 2 is 2.05 bits per heavy atom. The number of nitrogens with two attached hydrogens (primary N) is 1. The molecule has 2 aromatic rings. The van der Waals surface area contributed by atoms with E-state index in [0.717, 1.165) is 16.8 Å². The largest absolute Gasteiger partial charge is 0.481 e. The van der Waals surface area contributed by atoms with Crippen molar-refractivity contribution in [3.8, 4) is 11.3 Å². The lowest BCUT2D eigenvalue weighted by atomic mass is 10.1. The second-order valence-corrected chi connectivity index (χ2v) is 5.26. The Kier molecular flexibility index (Phi) is 4.75. The average Bonchev–Trinajstić information content (AvgIpc) is 2.43. The fourth-order valence-electron chi connectivity index (χ4n) is 2.01. The van der Waals surface area contributed by atoms with Gasteiger partial charge in [0.25, 0.3) is 5.82 Å². The van der Waals surface area contributed by atoms with Gasteiger partial charge >= 0.3 is 5.97 Å². The number of halogens is 1. The zero-order valence-corrected chi connectivity index (χ0v) is 12.5. The van der Waals surface area contributed by atoms with Gasteiger partial charge in [-0.2, -0.15) is 0 Å². The molecule has 0 amide bonds. The number of nitrogens with zero attached hydrogens (tertiary/aromatic N) is 2. The molecule has 1 aromatic heterocycles. The first-order valence-electron chi connectivity index (χ1n) is 6.62. The van der Waals surface area contributed by atoms with Gasteiger partial charge in [0.05, 0.1) is 0 Å². The van der Waals surface area contributed by atoms with Crippen LogP contribution in [0.1, 0.15) is 18.4 Å². The summed E-state index contributed by atoms with van der Waals surface area (Å²) in [7, 11) is 0. The van der Waals surface area contributed by atoms with Crippen molar-refractivity contribution in [2.45, 2.75) is 26.3 Å². The van der Waals surface area contributed by atoms with E-state index < -0.39 is 5.97 Å². The van der Waals surface area contributed by atoms with E-state index in [1.54, 1.807) is 16.8 Å². The van der Waals surface area contributed by atoms with Crippen molar-refractivity contribution in [2.24, 2.45) is 0 Å². The van der Waals surface area contributed by atoms with Crippen molar-refractivity contribution in [2.75, 3.05) is 5.73 Å². The molecule has 110 valence electrons. The standard InChI is InChI=1S/C15H16ClN3O2/c1-10-9-13(11-4-6-12(16)7-5-11)18-19(15(10)17)8-2-3-14(20)21/h4-7,9,17H,2-3,8H2,1H3,(H,20,21)/p+1. The molecule has 0 saturated heterocycles. The first kappa shape index (κ1) is 15.3. The van der Waals surface area contributed by atoms with Crippen molar-refractivity contribution in [3.05, 3.63) is 40.9 Å². The second-order valence-electron chi connectivity index (χ2n) is 4.83. The summed E-state index contributed by atoms with van der Waals surface area (Å²) in [5, 5.41) is 13.9. The molecule has 6 heteroatoms. The van der Waals surface area contributed by atoms with Crippen LogP contribution >= 0.6 is 11.6 Å². The fraction of sp³-hybridized carbons (Fsp3) is 0.267. The van der Waals surface area contributed by atoms with E-state index in [4.69, 9.17) is 22.4 Å². The number of rotatable bonds is 5. The van der Waals surface area contributed by atoms with E-state index >= 15 is 0 Å². The van der Waals surface area contributed by atoms with Crippen molar-refractivity contribution in [3.63, 3.8) is 0 Å². The number of nitrogen functional groups attached to an aromatic ring is 1. The summed E-state index contributed by atoms with van der Waals surface area (Å²) in [5.74, 6) is -0.266. The fourth-order valence-corrected chi connectivity index (χ4v) is 2.13. The van der Waals surface area contributed by atoms with Crippen LogP contribution in [0.3, 0.4) is 0 Å². The summed E-state index contributed by atoms with van der Waals surface area (Å²) >= 11 is 5.88. The van der Waals surface area contributed by atoms with Gasteiger partial charge in [-0.25, -0.2) is 0 Å². The topological polar surface area (TPSA) is 80.1 Å². The molecule has 0 unspecified atom stereocenters. The van der Waals surface area contributed by atoms with E-state index in [9.17, 15) is 4.79 Å². The Balaban J connectivity index is 2.29. The minimum Gasteiger partial charge on any atom is -0.481 e. The summed E-state index contributed by atoms with van der Waals surface area (Å²) in [4.78, 5) is 10.6. The van der Waals surface area contributed by atoms with Gasteiger partial charge in [0.15, 0.2) is 0 Å². The molecule has 0 aliphatic carbocycles. The van der Waals surface area contributed by atoms with Gasteiger partial charge in [-0.1, -0.05) is 28.8 Å². The molecule has 2 rings (SSSR count). The van der Waals surface area contributed by atoms with Gasteiger partial charge in [0.1, 0.15) is 12.2 Å². The third kappa shape index (κ3) is 3.92. The highest BCUT2D eigenvalue weighted by Gasteiger charge is 2.14. The molecule has 0 atom stereocenters. The summed E-state index contributed by atoms with van der Waals surface area (Å²) in [6.07, 6.45) is 0.582. The van der Waals surface area contributed by atoms with Gasteiger partial charge in [-0.3, -0.25) is 10.5 Å². The van der Waals surface area contributed by atoms with Gasteiger partial charge in [0, 0.05) is 22.6 Å². The number of benzene rings is 1. The molecule has 0 aliphatic rings. The number of aliphatic carboxylic acids is 1. The molecular weight excluding hydrogens is 290 g/mol. The van der Waals surface area contributed by atoms with Crippen LogP contribution in [0, 0.1) is 6.92 Å². The van der Waals surface area contributed by atoms with Crippen LogP contribution in [0.15, 0.2) is 30.3 Å². The van der Waals surface area contributed by atoms with Crippen LogP contribution < -0.4 is 10.4 Å². The molecule has 0 bridgehead atoms. The van der Waals surface area contributed by atoms with Gasteiger partial charge < -0.3 is 5.11 Å². The highest BCUT2D eigenvalue weighted by Crippen LogP contribution is 2.20. The van der Waals surface area contributed by atoms with Crippen molar-refractivity contribution >= 4 is 23.4 Å². The number of carboxylic acids is 1. The van der Waals surface area contributed by atoms with Crippen molar-refractivity contribution in [1.82, 2.24) is 5.10 Å². The molecule has 0 radical (unpaired) electrons. The average molecular weight is 307 g/mol. The van der Waals surface area contributed by atoms with Crippen molar-refractivity contribution in [1.29, 1.82) is 0 Å². The summed E-state index contributed by atoms with van der Waals surface area (Å²) in [6.45, 7) is 2.38. The van der Waals surface area contributed by atoms with Crippen LogP contribution in [-0.2, 0) is 11.3 Å². The Labute approximate surface area is 128 Å². The molecule has 1 heterocycles. The molecule has 21 heavy (non-hydrogen) atoms. The van der Waals surface area contributed by atoms with Gasteiger partial charge in [-0.05, 0) is 31.5 Å². The maximum atomic E-state index is 10.6. The summed E-state index contributed by atoms with van der Waals surface area (Å²) in [6, 6.07) is 9.30. The Bertz CT molecular complexity index is 657. The van der Waals surface area contributed by atoms with Crippen LogP contribution in [-0.4, -0.2) is 16.2 Å². The molecule has 0 aliphatic heterocycles. The second kappa shape index (κ2) is 6.54. The monoisotopic (exact) mass is 306 g/mol. The number of hydrogen-bond donors (Lipinski definition) is 2. The minimum atomic E-state index is -0.820. The smallest absolute Gasteiger partial charge is 0.303 e. The SMILES string of the molecule is Cc1cc(-c2ccc(Cl)cc2)n[n+](CCCC(=O)O)c1N. The number of hydrogen-bond acceptors (Lipinski definition) is 3. The molecular formula is C15H17ClN3O2+. The zero-order valence-electron chi connectivity index (χ0n) is 11.7. The van der Waals surface area contributed by atoms with Crippen LogP contribution in [0.5, 0.6) is 0 Å². The molecule has 5 nitrogen and oxygen atoms in total. The maximum Gasteiger partial charge on any atom is 0.303 e. The number of aromatic nitrogens is 2.